The quantitative estimate of drug-likeness (QED) is 0.498. The number of nitrogens with one attached hydrogen (secondary N) is 1. The van der Waals surface area contributed by atoms with Crippen molar-refractivity contribution in [3.05, 3.63) is 11.3 Å². The van der Waals surface area contributed by atoms with Gasteiger partial charge in [0.25, 0.3) is 0 Å². The van der Waals surface area contributed by atoms with Gasteiger partial charge in [0.15, 0.2) is 0 Å². The molecule has 102 valence electrons. The van der Waals surface area contributed by atoms with Crippen molar-refractivity contribution >= 4 is 23.9 Å². The lowest BCUT2D eigenvalue weighted by atomic mass is 10.1. The number of nitrogens with zero attached hydrogens (tertiary/aromatic N) is 1. The molecule has 0 aromatic heterocycles. The summed E-state index contributed by atoms with van der Waals surface area (Å²) in [5.41, 5.74) is 7.15. The standard InChI is InChI=1S/C12H20ClN3O2/c1-16(7-5-13)6-4-9-2-3-10(12(14)18)11(9)15-8-17/h8,10H,2-7H2,1H3,(H2,14,18)(H,15,17). The average Bonchev–Trinajstić information content (AvgIpc) is 2.71. The first kappa shape index (κ1) is 15.0. The van der Waals surface area contributed by atoms with Crippen LogP contribution in [0.4, 0.5) is 0 Å². The molecule has 1 unspecified atom stereocenters. The summed E-state index contributed by atoms with van der Waals surface area (Å²) in [7, 11) is 2.00. The predicted octanol–water partition coefficient (Wildman–Crippen LogP) is 0.442. The van der Waals surface area contributed by atoms with Crippen LogP contribution in [0, 0.1) is 5.92 Å². The second kappa shape index (κ2) is 7.38. The molecule has 0 aliphatic heterocycles. The summed E-state index contributed by atoms with van der Waals surface area (Å²) >= 11 is 5.66. The molecule has 0 heterocycles. The largest absolute Gasteiger partial charge is 0.369 e. The van der Waals surface area contributed by atoms with Gasteiger partial charge < -0.3 is 16.0 Å². The number of primary amides is 1. The fourth-order valence-electron chi connectivity index (χ4n) is 2.24. The highest BCUT2D eigenvalue weighted by Crippen LogP contribution is 2.31. The van der Waals surface area contributed by atoms with Gasteiger partial charge in [-0.3, -0.25) is 9.59 Å². The minimum absolute atomic E-state index is 0.344. The first-order valence-electron chi connectivity index (χ1n) is 6.06. The third kappa shape index (κ3) is 3.99. The third-order valence-electron chi connectivity index (χ3n) is 3.28. The van der Waals surface area contributed by atoms with E-state index in [-0.39, 0.29) is 11.8 Å². The van der Waals surface area contributed by atoms with E-state index in [1.165, 1.54) is 0 Å². The maximum absolute atomic E-state index is 11.3. The van der Waals surface area contributed by atoms with E-state index in [9.17, 15) is 9.59 Å². The zero-order valence-electron chi connectivity index (χ0n) is 10.6. The Bertz CT molecular complexity index is 344. The molecule has 1 rings (SSSR count). The summed E-state index contributed by atoms with van der Waals surface area (Å²) in [6.45, 7) is 1.68. The Morgan fingerprint density at radius 1 is 1.61 bits per heavy atom. The SMILES string of the molecule is CN(CCCl)CCC1=C(NC=O)C(C(N)=O)CC1. The van der Waals surface area contributed by atoms with Gasteiger partial charge in [0.2, 0.25) is 12.3 Å². The number of hydrogen-bond acceptors (Lipinski definition) is 3. The van der Waals surface area contributed by atoms with Crippen molar-refractivity contribution in [3.63, 3.8) is 0 Å². The van der Waals surface area contributed by atoms with E-state index < -0.39 is 0 Å². The van der Waals surface area contributed by atoms with E-state index in [0.29, 0.717) is 24.4 Å². The molecule has 0 aromatic rings. The Balaban J connectivity index is 2.64. The van der Waals surface area contributed by atoms with Crippen molar-refractivity contribution in [2.75, 3.05) is 26.0 Å². The van der Waals surface area contributed by atoms with Gasteiger partial charge in [0, 0.05) is 24.7 Å². The number of carbonyl (C=O) groups excluding carboxylic acids is 2. The number of carbonyl (C=O) groups is 2. The van der Waals surface area contributed by atoms with E-state index in [1.807, 2.05) is 7.05 Å². The van der Waals surface area contributed by atoms with Crippen molar-refractivity contribution in [2.45, 2.75) is 19.3 Å². The highest BCUT2D eigenvalue weighted by Gasteiger charge is 2.29. The minimum Gasteiger partial charge on any atom is -0.369 e. The number of alkyl halides is 1. The average molecular weight is 274 g/mol. The Labute approximate surface area is 112 Å². The van der Waals surface area contributed by atoms with Gasteiger partial charge in [0.05, 0.1) is 5.92 Å². The number of amides is 2. The second-order valence-electron chi connectivity index (χ2n) is 4.52. The van der Waals surface area contributed by atoms with Gasteiger partial charge in [-0.1, -0.05) is 0 Å². The van der Waals surface area contributed by atoms with Gasteiger partial charge in [-0.15, -0.1) is 11.6 Å². The summed E-state index contributed by atoms with van der Waals surface area (Å²) in [4.78, 5) is 24.0. The van der Waals surface area contributed by atoms with E-state index in [2.05, 4.69) is 10.2 Å². The van der Waals surface area contributed by atoms with Crippen molar-refractivity contribution in [1.82, 2.24) is 10.2 Å². The summed E-state index contributed by atoms with van der Waals surface area (Å²) < 4.78 is 0. The monoisotopic (exact) mass is 273 g/mol. The molecule has 0 radical (unpaired) electrons. The summed E-state index contributed by atoms with van der Waals surface area (Å²) in [5.74, 6) is -0.120. The fourth-order valence-corrected chi connectivity index (χ4v) is 2.52. The van der Waals surface area contributed by atoms with Crippen molar-refractivity contribution in [3.8, 4) is 0 Å². The van der Waals surface area contributed by atoms with Crippen molar-refractivity contribution in [2.24, 2.45) is 11.7 Å². The molecule has 18 heavy (non-hydrogen) atoms. The zero-order chi connectivity index (χ0) is 13.5. The summed E-state index contributed by atoms with van der Waals surface area (Å²) in [6.07, 6.45) is 2.95. The molecule has 0 spiro atoms. The van der Waals surface area contributed by atoms with Gasteiger partial charge >= 0.3 is 0 Å². The topological polar surface area (TPSA) is 75.4 Å². The number of halogens is 1. The van der Waals surface area contributed by atoms with Crippen LogP contribution in [0.5, 0.6) is 0 Å². The fraction of sp³-hybridized carbons (Fsp3) is 0.667. The van der Waals surface area contributed by atoms with E-state index in [1.54, 1.807) is 0 Å². The number of nitrogens with two attached hydrogens (primary N) is 1. The van der Waals surface area contributed by atoms with Gasteiger partial charge in [-0.05, 0) is 31.9 Å². The first-order chi connectivity index (χ1) is 8.60. The van der Waals surface area contributed by atoms with Crippen LogP contribution in [0.1, 0.15) is 19.3 Å². The maximum atomic E-state index is 11.3. The van der Waals surface area contributed by atoms with E-state index >= 15 is 0 Å². The Morgan fingerprint density at radius 3 is 2.89 bits per heavy atom. The minimum atomic E-state index is -0.372. The summed E-state index contributed by atoms with van der Waals surface area (Å²) in [5, 5.41) is 2.64. The molecule has 0 saturated carbocycles. The molecule has 0 saturated heterocycles. The van der Waals surface area contributed by atoms with Crippen molar-refractivity contribution in [1.29, 1.82) is 0 Å². The highest BCUT2D eigenvalue weighted by molar-refractivity contribution is 6.18. The lowest BCUT2D eigenvalue weighted by molar-refractivity contribution is -0.120. The Hall–Kier alpha value is -1.07. The molecule has 0 aromatic carbocycles. The maximum Gasteiger partial charge on any atom is 0.226 e. The lowest BCUT2D eigenvalue weighted by Gasteiger charge is -2.16. The molecule has 0 bridgehead atoms. The zero-order valence-corrected chi connectivity index (χ0v) is 11.4. The molecule has 6 heteroatoms. The molecule has 5 nitrogen and oxygen atoms in total. The van der Waals surface area contributed by atoms with Crippen LogP contribution in [-0.4, -0.2) is 43.2 Å². The highest BCUT2D eigenvalue weighted by atomic mass is 35.5. The van der Waals surface area contributed by atoms with Crippen LogP contribution in [0.15, 0.2) is 11.3 Å². The Kier molecular flexibility index (Phi) is 6.15. The summed E-state index contributed by atoms with van der Waals surface area (Å²) in [6, 6.07) is 0. The lowest BCUT2D eigenvalue weighted by Crippen LogP contribution is -2.29. The number of hydrogen-bond donors (Lipinski definition) is 2. The van der Waals surface area contributed by atoms with E-state index in [4.69, 9.17) is 17.3 Å². The molecule has 3 N–H and O–H groups in total. The van der Waals surface area contributed by atoms with Crippen LogP contribution < -0.4 is 11.1 Å². The van der Waals surface area contributed by atoms with Crippen LogP contribution in [0.3, 0.4) is 0 Å². The molecule has 0 fully saturated rings. The molecule has 1 aliphatic carbocycles. The van der Waals surface area contributed by atoms with Crippen LogP contribution in [0.25, 0.3) is 0 Å². The second-order valence-corrected chi connectivity index (χ2v) is 4.89. The first-order valence-corrected chi connectivity index (χ1v) is 6.59. The van der Waals surface area contributed by atoms with Crippen LogP contribution in [0.2, 0.25) is 0 Å². The molecular weight excluding hydrogens is 254 g/mol. The molecule has 2 amide bonds. The molecule has 1 aliphatic rings. The van der Waals surface area contributed by atoms with Gasteiger partial charge in [-0.25, -0.2) is 0 Å². The van der Waals surface area contributed by atoms with Crippen LogP contribution in [-0.2, 0) is 9.59 Å². The van der Waals surface area contributed by atoms with E-state index in [0.717, 1.165) is 31.5 Å². The molecular formula is C12H20ClN3O2. The van der Waals surface area contributed by atoms with Crippen LogP contribution >= 0.6 is 11.6 Å². The Morgan fingerprint density at radius 2 is 2.33 bits per heavy atom. The normalized spacial score (nSPS) is 19.4. The predicted molar refractivity (Wildman–Crippen MR) is 71.0 cm³/mol. The van der Waals surface area contributed by atoms with Gasteiger partial charge in [-0.2, -0.15) is 0 Å². The number of rotatable bonds is 8. The molecule has 1 atom stereocenters. The smallest absolute Gasteiger partial charge is 0.226 e. The third-order valence-corrected chi connectivity index (χ3v) is 3.45. The van der Waals surface area contributed by atoms with Crippen molar-refractivity contribution < 1.29 is 9.59 Å². The van der Waals surface area contributed by atoms with Gasteiger partial charge in [0.1, 0.15) is 0 Å².